The summed E-state index contributed by atoms with van der Waals surface area (Å²) in [5.41, 5.74) is 5.88. The highest BCUT2D eigenvalue weighted by Gasteiger charge is 2.10. The van der Waals surface area contributed by atoms with E-state index in [-0.39, 0.29) is 0 Å². The van der Waals surface area contributed by atoms with Crippen molar-refractivity contribution in [1.29, 1.82) is 0 Å². The summed E-state index contributed by atoms with van der Waals surface area (Å²) >= 11 is 5.95. The van der Waals surface area contributed by atoms with Gasteiger partial charge >= 0.3 is 0 Å². The highest BCUT2D eigenvalue weighted by atomic mass is 35.5. The van der Waals surface area contributed by atoms with Crippen LogP contribution in [0.15, 0.2) is 43.0 Å². The summed E-state index contributed by atoms with van der Waals surface area (Å²) in [6.07, 6.45) is 1.81. The summed E-state index contributed by atoms with van der Waals surface area (Å²) in [7, 11) is 0. The fourth-order valence-corrected chi connectivity index (χ4v) is 2.62. The van der Waals surface area contributed by atoms with Crippen LogP contribution in [-0.2, 0) is 6.54 Å². The Morgan fingerprint density at radius 1 is 1.14 bits per heavy atom. The maximum atomic E-state index is 5.95. The van der Waals surface area contributed by atoms with Gasteiger partial charge in [-0.1, -0.05) is 30.3 Å². The van der Waals surface area contributed by atoms with E-state index in [0.717, 1.165) is 28.4 Å². The van der Waals surface area contributed by atoms with E-state index in [0.29, 0.717) is 0 Å². The molecule has 1 aromatic heterocycles. The molecule has 0 aliphatic heterocycles. The van der Waals surface area contributed by atoms with Crippen LogP contribution in [-0.4, -0.2) is 9.55 Å². The van der Waals surface area contributed by atoms with Crippen molar-refractivity contribution in [3.8, 4) is 0 Å². The zero-order valence-electron chi connectivity index (χ0n) is 12.2. The van der Waals surface area contributed by atoms with Gasteiger partial charge in [-0.25, -0.2) is 4.98 Å². The third kappa shape index (κ3) is 2.59. The molecular formula is C18H17ClN2. The monoisotopic (exact) mass is 296 g/mol. The van der Waals surface area contributed by atoms with Gasteiger partial charge in [0.15, 0.2) is 0 Å². The maximum Gasteiger partial charge on any atom is 0.133 e. The lowest BCUT2D eigenvalue weighted by Crippen LogP contribution is -2.02. The first-order valence-electron chi connectivity index (χ1n) is 6.93. The zero-order valence-corrected chi connectivity index (χ0v) is 13.0. The van der Waals surface area contributed by atoms with Gasteiger partial charge in [-0.2, -0.15) is 0 Å². The summed E-state index contributed by atoms with van der Waals surface area (Å²) in [6, 6.07) is 12.2. The Labute approximate surface area is 129 Å². The number of nitrogens with zero attached hydrogens (tertiary/aromatic N) is 2. The second-order valence-electron chi connectivity index (χ2n) is 5.31. The van der Waals surface area contributed by atoms with E-state index in [4.69, 9.17) is 11.6 Å². The summed E-state index contributed by atoms with van der Waals surface area (Å²) in [5.74, 6) is 0.893. The molecule has 106 valence electrons. The molecule has 2 aromatic carbocycles. The van der Waals surface area contributed by atoms with Crippen molar-refractivity contribution in [3.63, 3.8) is 0 Å². The van der Waals surface area contributed by atoms with Crippen LogP contribution in [0, 0.1) is 13.8 Å². The minimum atomic E-state index is 0.754. The summed E-state index contributed by atoms with van der Waals surface area (Å²) in [5, 5.41) is 0.754. The molecule has 0 fully saturated rings. The van der Waals surface area contributed by atoms with E-state index in [1.807, 2.05) is 24.3 Å². The second kappa shape index (κ2) is 5.38. The molecule has 0 aliphatic rings. The molecule has 0 radical (unpaired) electrons. The van der Waals surface area contributed by atoms with Crippen LogP contribution in [0.1, 0.15) is 22.5 Å². The third-order valence-corrected chi connectivity index (χ3v) is 4.08. The Hall–Kier alpha value is -2.06. The van der Waals surface area contributed by atoms with Gasteiger partial charge in [0.25, 0.3) is 0 Å². The molecule has 0 atom stereocenters. The molecule has 0 saturated carbocycles. The van der Waals surface area contributed by atoms with Crippen molar-refractivity contribution in [2.75, 3.05) is 0 Å². The molecule has 0 aliphatic carbocycles. The van der Waals surface area contributed by atoms with Gasteiger partial charge in [0.05, 0.1) is 11.0 Å². The smallest absolute Gasteiger partial charge is 0.133 e. The molecule has 0 bridgehead atoms. The predicted octanol–water partition coefficient (Wildman–Crippen LogP) is 5.00. The SMILES string of the molecule is C=Cc1nc2cc(C)c(C)cc2n1Cc1ccc(Cl)cc1. The molecule has 0 spiro atoms. The first-order valence-corrected chi connectivity index (χ1v) is 7.30. The second-order valence-corrected chi connectivity index (χ2v) is 5.75. The van der Waals surface area contributed by atoms with Gasteiger partial charge in [-0.3, -0.25) is 0 Å². The first-order chi connectivity index (χ1) is 10.1. The van der Waals surface area contributed by atoms with Crippen LogP contribution >= 0.6 is 11.6 Å². The molecule has 0 N–H and O–H groups in total. The number of halogens is 1. The molecule has 0 amide bonds. The third-order valence-electron chi connectivity index (χ3n) is 3.83. The summed E-state index contributed by atoms with van der Waals surface area (Å²) in [6.45, 7) is 8.88. The van der Waals surface area contributed by atoms with Crippen LogP contribution in [0.4, 0.5) is 0 Å². The van der Waals surface area contributed by atoms with Crippen molar-refractivity contribution in [1.82, 2.24) is 9.55 Å². The van der Waals surface area contributed by atoms with E-state index < -0.39 is 0 Å². The largest absolute Gasteiger partial charge is 0.320 e. The quantitative estimate of drug-likeness (QED) is 0.665. The van der Waals surface area contributed by atoms with Gasteiger partial charge in [0, 0.05) is 11.6 Å². The normalized spacial score (nSPS) is 11.0. The molecule has 3 heteroatoms. The summed E-state index contributed by atoms with van der Waals surface area (Å²) in [4.78, 5) is 4.67. The lowest BCUT2D eigenvalue weighted by atomic mass is 10.1. The van der Waals surface area contributed by atoms with Gasteiger partial charge in [-0.05, 0) is 60.9 Å². The van der Waals surface area contributed by atoms with Crippen molar-refractivity contribution in [2.45, 2.75) is 20.4 Å². The topological polar surface area (TPSA) is 17.8 Å². The minimum absolute atomic E-state index is 0.754. The standard InChI is InChI=1S/C18H17ClN2/c1-4-18-20-16-9-12(2)13(3)10-17(16)21(18)11-14-5-7-15(19)8-6-14/h4-10H,1,11H2,2-3H3. The highest BCUT2D eigenvalue weighted by molar-refractivity contribution is 6.30. The van der Waals surface area contributed by atoms with Crippen LogP contribution in [0.2, 0.25) is 5.02 Å². The molecule has 0 unspecified atom stereocenters. The van der Waals surface area contributed by atoms with Gasteiger partial charge < -0.3 is 4.57 Å². The van der Waals surface area contributed by atoms with Crippen molar-refractivity contribution in [2.24, 2.45) is 0 Å². The van der Waals surface area contributed by atoms with Gasteiger partial charge in [0.2, 0.25) is 0 Å². The highest BCUT2D eigenvalue weighted by Crippen LogP contribution is 2.23. The average Bonchev–Trinajstić information content (AvgIpc) is 2.79. The number of imidazole rings is 1. The fraction of sp³-hybridized carbons (Fsp3) is 0.167. The Kier molecular flexibility index (Phi) is 3.56. The number of benzene rings is 2. The Balaban J connectivity index is 2.13. The molecule has 2 nitrogen and oxygen atoms in total. The molecular weight excluding hydrogens is 280 g/mol. The van der Waals surface area contributed by atoms with E-state index in [2.05, 4.69) is 42.1 Å². The number of fused-ring (bicyclic) bond motifs is 1. The van der Waals surface area contributed by atoms with Gasteiger partial charge in [-0.15, -0.1) is 0 Å². The van der Waals surface area contributed by atoms with E-state index in [1.165, 1.54) is 16.7 Å². The van der Waals surface area contributed by atoms with Gasteiger partial charge in [0.1, 0.15) is 5.82 Å². The number of rotatable bonds is 3. The number of hydrogen-bond donors (Lipinski definition) is 0. The van der Waals surface area contributed by atoms with Crippen molar-refractivity contribution < 1.29 is 0 Å². The molecule has 3 aromatic rings. The predicted molar refractivity (Wildman–Crippen MR) is 89.9 cm³/mol. The van der Waals surface area contributed by atoms with E-state index in [1.54, 1.807) is 6.08 Å². The van der Waals surface area contributed by atoms with Crippen LogP contribution in [0.3, 0.4) is 0 Å². The lowest BCUT2D eigenvalue weighted by molar-refractivity contribution is 0.813. The minimum Gasteiger partial charge on any atom is -0.320 e. The zero-order chi connectivity index (χ0) is 15.0. The van der Waals surface area contributed by atoms with Crippen molar-refractivity contribution in [3.05, 3.63) is 70.5 Å². The van der Waals surface area contributed by atoms with Crippen LogP contribution < -0.4 is 0 Å². The number of aryl methyl sites for hydroxylation is 2. The summed E-state index contributed by atoms with van der Waals surface area (Å²) < 4.78 is 2.19. The van der Waals surface area contributed by atoms with E-state index in [9.17, 15) is 0 Å². The molecule has 3 rings (SSSR count). The number of hydrogen-bond acceptors (Lipinski definition) is 1. The van der Waals surface area contributed by atoms with Crippen molar-refractivity contribution >= 4 is 28.7 Å². The Morgan fingerprint density at radius 3 is 2.48 bits per heavy atom. The fourth-order valence-electron chi connectivity index (χ4n) is 2.49. The first kappa shape index (κ1) is 13.9. The molecule has 21 heavy (non-hydrogen) atoms. The average molecular weight is 297 g/mol. The molecule has 1 heterocycles. The Bertz CT molecular complexity index is 813. The van der Waals surface area contributed by atoms with E-state index >= 15 is 0 Å². The van der Waals surface area contributed by atoms with Crippen LogP contribution in [0.25, 0.3) is 17.1 Å². The number of aromatic nitrogens is 2. The maximum absolute atomic E-state index is 5.95. The van der Waals surface area contributed by atoms with Crippen LogP contribution in [0.5, 0.6) is 0 Å². The molecule has 0 saturated heterocycles. The lowest BCUT2D eigenvalue weighted by Gasteiger charge is -2.08. The Morgan fingerprint density at radius 2 is 1.81 bits per heavy atom.